The maximum absolute atomic E-state index is 10.7. The number of aromatic nitrogens is 2. The molecule has 3 N–H and O–H groups in total. The summed E-state index contributed by atoms with van der Waals surface area (Å²) in [6.07, 6.45) is 2.13. The number of hydrogen-bond acceptors (Lipinski definition) is 2. The molecule has 0 radical (unpaired) electrons. The van der Waals surface area contributed by atoms with Gasteiger partial charge in [0.2, 0.25) is 0 Å². The number of anilines is 1. The number of hydrogen-bond donors (Lipinski definition) is 2. The zero-order valence-corrected chi connectivity index (χ0v) is 6.63. The largest absolute Gasteiger partial charge is 0.384 e. The summed E-state index contributed by atoms with van der Waals surface area (Å²) in [6, 6.07) is 1.40. The first-order valence-electron chi connectivity index (χ1n) is 3.79. The van der Waals surface area contributed by atoms with Crippen LogP contribution in [0.25, 0.3) is 0 Å². The minimum absolute atomic E-state index is 0.126. The minimum atomic E-state index is -0.126. The number of nitrogens with zero attached hydrogens (tertiary/aromatic N) is 1. The summed E-state index contributed by atoms with van der Waals surface area (Å²) in [7, 11) is 0. The van der Waals surface area contributed by atoms with E-state index in [9.17, 15) is 4.79 Å². The first-order valence-corrected chi connectivity index (χ1v) is 3.79. The van der Waals surface area contributed by atoms with Gasteiger partial charge in [0.15, 0.2) is 0 Å². The first-order chi connectivity index (χ1) is 5.24. The fraction of sp³-hybridized carbons (Fsp3) is 0.571. The summed E-state index contributed by atoms with van der Waals surface area (Å²) in [5.41, 5.74) is 5.39. The van der Waals surface area contributed by atoms with Gasteiger partial charge in [0.05, 0.1) is 0 Å². The number of unbranched alkanes of at least 4 members (excludes halogenated alkanes) is 1. The van der Waals surface area contributed by atoms with Crippen molar-refractivity contribution in [3.63, 3.8) is 0 Å². The molecule has 4 heteroatoms. The van der Waals surface area contributed by atoms with Crippen molar-refractivity contribution in [2.24, 2.45) is 0 Å². The fourth-order valence-corrected chi connectivity index (χ4v) is 0.943. The second-order valence-corrected chi connectivity index (χ2v) is 2.55. The van der Waals surface area contributed by atoms with Gasteiger partial charge in [-0.1, -0.05) is 13.3 Å². The molecule has 62 valence electrons. The van der Waals surface area contributed by atoms with E-state index in [2.05, 4.69) is 12.0 Å². The Balaban J connectivity index is 2.69. The molecule has 0 unspecified atom stereocenters. The minimum Gasteiger partial charge on any atom is -0.384 e. The van der Waals surface area contributed by atoms with Crippen LogP contribution in [0.3, 0.4) is 0 Å². The van der Waals surface area contributed by atoms with Crippen LogP contribution in [0.15, 0.2) is 10.9 Å². The van der Waals surface area contributed by atoms with Crippen molar-refractivity contribution in [2.45, 2.75) is 26.3 Å². The fourth-order valence-electron chi connectivity index (χ4n) is 0.943. The average molecular weight is 155 g/mol. The molecule has 0 saturated carbocycles. The van der Waals surface area contributed by atoms with Gasteiger partial charge in [-0.05, 0) is 6.42 Å². The Kier molecular flexibility index (Phi) is 2.36. The van der Waals surface area contributed by atoms with Gasteiger partial charge < -0.3 is 5.73 Å². The van der Waals surface area contributed by atoms with Crippen molar-refractivity contribution >= 4 is 5.82 Å². The predicted octanol–water partition coefficient (Wildman–Crippen LogP) is 0.559. The number of nitrogens with one attached hydrogen (secondary N) is 1. The van der Waals surface area contributed by atoms with Crippen molar-refractivity contribution in [1.82, 2.24) is 9.78 Å². The van der Waals surface area contributed by atoms with Gasteiger partial charge in [-0.15, -0.1) is 0 Å². The molecular weight excluding hydrogens is 142 g/mol. The SMILES string of the molecule is CCCCn1[nH]c(=O)cc1N. The Labute approximate surface area is 65.0 Å². The molecule has 0 bridgehead atoms. The van der Waals surface area contributed by atoms with E-state index in [-0.39, 0.29) is 5.56 Å². The van der Waals surface area contributed by atoms with Crippen molar-refractivity contribution in [1.29, 1.82) is 0 Å². The van der Waals surface area contributed by atoms with Gasteiger partial charge in [0.25, 0.3) is 5.56 Å². The van der Waals surface area contributed by atoms with E-state index in [1.807, 2.05) is 0 Å². The molecule has 1 rings (SSSR count). The van der Waals surface area contributed by atoms with E-state index >= 15 is 0 Å². The summed E-state index contributed by atoms with van der Waals surface area (Å²) in [5.74, 6) is 0.517. The molecule has 0 aromatic carbocycles. The quantitative estimate of drug-likeness (QED) is 0.669. The molecule has 11 heavy (non-hydrogen) atoms. The normalized spacial score (nSPS) is 10.3. The molecule has 0 fully saturated rings. The number of aromatic amines is 1. The number of nitrogen functional groups attached to an aromatic ring is 1. The van der Waals surface area contributed by atoms with E-state index in [1.165, 1.54) is 6.07 Å². The summed E-state index contributed by atoms with van der Waals surface area (Å²) < 4.78 is 1.67. The van der Waals surface area contributed by atoms with Crippen molar-refractivity contribution in [3.8, 4) is 0 Å². The molecule has 0 aliphatic carbocycles. The summed E-state index contributed by atoms with van der Waals surface area (Å²) in [6.45, 7) is 2.89. The third-order valence-corrected chi connectivity index (χ3v) is 1.57. The lowest BCUT2D eigenvalue weighted by Crippen LogP contribution is -2.07. The second kappa shape index (κ2) is 3.27. The van der Waals surface area contributed by atoms with Gasteiger partial charge >= 0.3 is 0 Å². The third-order valence-electron chi connectivity index (χ3n) is 1.57. The van der Waals surface area contributed by atoms with Crippen LogP contribution in [0, 0.1) is 0 Å². The maximum atomic E-state index is 10.7. The summed E-state index contributed by atoms with van der Waals surface area (Å²) in [4.78, 5) is 10.7. The first kappa shape index (κ1) is 7.91. The highest BCUT2D eigenvalue weighted by atomic mass is 16.1. The maximum Gasteiger partial charge on any atom is 0.266 e. The second-order valence-electron chi connectivity index (χ2n) is 2.55. The number of nitrogens with two attached hydrogens (primary N) is 1. The lowest BCUT2D eigenvalue weighted by molar-refractivity contribution is 0.575. The molecule has 4 nitrogen and oxygen atoms in total. The van der Waals surface area contributed by atoms with Gasteiger partial charge in [-0.25, -0.2) is 0 Å². The molecule has 0 aliphatic heterocycles. The highest BCUT2D eigenvalue weighted by Crippen LogP contribution is 1.98. The van der Waals surface area contributed by atoms with Crippen molar-refractivity contribution in [3.05, 3.63) is 16.4 Å². The molecule has 1 aromatic rings. The zero-order valence-electron chi connectivity index (χ0n) is 6.63. The number of rotatable bonds is 3. The van der Waals surface area contributed by atoms with Crippen LogP contribution in [0.5, 0.6) is 0 Å². The number of aryl methyl sites for hydroxylation is 1. The molecule has 1 aromatic heterocycles. The van der Waals surface area contributed by atoms with Gasteiger partial charge in [-0.2, -0.15) is 0 Å². The van der Waals surface area contributed by atoms with Crippen LogP contribution in [-0.4, -0.2) is 9.78 Å². The molecule has 0 saturated heterocycles. The molecule has 0 atom stereocenters. The molecule has 0 amide bonds. The summed E-state index contributed by atoms with van der Waals surface area (Å²) >= 11 is 0. The highest BCUT2D eigenvalue weighted by molar-refractivity contribution is 5.25. The van der Waals surface area contributed by atoms with Crippen LogP contribution in [-0.2, 0) is 6.54 Å². The lowest BCUT2D eigenvalue weighted by atomic mass is 10.3. The lowest BCUT2D eigenvalue weighted by Gasteiger charge is -2.01. The Hall–Kier alpha value is -1.19. The van der Waals surface area contributed by atoms with Gasteiger partial charge in [-0.3, -0.25) is 14.6 Å². The van der Waals surface area contributed by atoms with Crippen molar-refractivity contribution in [2.75, 3.05) is 5.73 Å². The number of H-pyrrole nitrogens is 1. The third kappa shape index (κ3) is 1.86. The van der Waals surface area contributed by atoms with E-state index in [1.54, 1.807) is 4.68 Å². The van der Waals surface area contributed by atoms with E-state index < -0.39 is 0 Å². The average Bonchev–Trinajstić information content (AvgIpc) is 2.26. The molecule has 1 heterocycles. The zero-order chi connectivity index (χ0) is 8.27. The molecule has 0 aliphatic rings. The summed E-state index contributed by atoms with van der Waals surface area (Å²) in [5, 5.41) is 2.62. The van der Waals surface area contributed by atoms with Crippen LogP contribution >= 0.6 is 0 Å². The van der Waals surface area contributed by atoms with Gasteiger partial charge in [0, 0.05) is 12.6 Å². The van der Waals surface area contributed by atoms with E-state index in [0.29, 0.717) is 5.82 Å². The Morgan fingerprint density at radius 2 is 2.45 bits per heavy atom. The Bertz CT molecular complexity index is 273. The van der Waals surface area contributed by atoms with Crippen molar-refractivity contribution < 1.29 is 0 Å². The molecule has 0 spiro atoms. The molecular formula is C7H13N3O. The monoisotopic (exact) mass is 155 g/mol. The van der Waals surface area contributed by atoms with Crippen LogP contribution in [0.4, 0.5) is 5.82 Å². The van der Waals surface area contributed by atoms with Gasteiger partial charge in [0.1, 0.15) is 5.82 Å². The van der Waals surface area contributed by atoms with E-state index in [4.69, 9.17) is 5.73 Å². The highest BCUT2D eigenvalue weighted by Gasteiger charge is 1.97. The van der Waals surface area contributed by atoms with Crippen LogP contribution in [0.1, 0.15) is 19.8 Å². The van der Waals surface area contributed by atoms with E-state index in [0.717, 1.165) is 19.4 Å². The standard InChI is InChI=1S/C7H13N3O/c1-2-3-4-10-6(8)5-7(11)9-10/h5H,2-4,8H2,1H3,(H,9,11). The smallest absolute Gasteiger partial charge is 0.266 e. The van der Waals surface area contributed by atoms with Crippen LogP contribution in [0.2, 0.25) is 0 Å². The Morgan fingerprint density at radius 3 is 2.91 bits per heavy atom. The topological polar surface area (TPSA) is 63.8 Å². The predicted molar refractivity (Wildman–Crippen MR) is 44.4 cm³/mol. The van der Waals surface area contributed by atoms with Crippen LogP contribution < -0.4 is 11.3 Å². The Morgan fingerprint density at radius 1 is 1.73 bits per heavy atom.